The van der Waals surface area contributed by atoms with Crippen LogP contribution in [0.4, 0.5) is 0 Å². The van der Waals surface area contributed by atoms with Gasteiger partial charge in [-0.3, -0.25) is 5.32 Å². The lowest BCUT2D eigenvalue weighted by Gasteiger charge is -2.40. The Balaban J connectivity index is 2.17. The highest BCUT2D eigenvalue weighted by Gasteiger charge is 2.32. The van der Waals surface area contributed by atoms with Crippen LogP contribution >= 0.6 is 0 Å². The summed E-state index contributed by atoms with van der Waals surface area (Å²) in [5.74, 6) is 0. The molecule has 15 heavy (non-hydrogen) atoms. The molecule has 2 rings (SSSR count). The fourth-order valence-electron chi connectivity index (χ4n) is 2.24. The second-order valence-corrected chi connectivity index (χ2v) is 4.97. The highest BCUT2D eigenvalue weighted by atomic mass is 16.5. The zero-order chi connectivity index (χ0) is 10.9. The van der Waals surface area contributed by atoms with Crippen molar-refractivity contribution in [1.29, 1.82) is 0 Å². The van der Waals surface area contributed by atoms with Gasteiger partial charge in [0.05, 0.1) is 6.10 Å². The van der Waals surface area contributed by atoms with Crippen LogP contribution in [0.15, 0.2) is 30.3 Å². The van der Waals surface area contributed by atoms with Gasteiger partial charge in [0.1, 0.15) is 6.23 Å². The van der Waals surface area contributed by atoms with Gasteiger partial charge in [-0.25, -0.2) is 0 Å². The van der Waals surface area contributed by atoms with E-state index >= 15 is 0 Å². The molecule has 2 heteroatoms. The van der Waals surface area contributed by atoms with Gasteiger partial charge in [-0.1, -0.05) is 30.3 Å². The predicted octanol–water partition coefficient (Wildman–Crippen LogP) is 2.86. The summed E-state index contributed by atoms with van der Waals surface area (Å²) in [6.07, 6.45) is 1.40. The van der Waals surface area contributed by atoms with E-state index in [1.54, 1.807) is 0 Å². The lowest BCUT2D eigenvalue weighted by Crippen LogP contribution is -2.50. The van der Waals surface area contributed by atoms with Crippen LogP contribution in [0.2, 0.25) is 0 Å². The van der Waals surface area contributed by atoms with Crippen molar-refractivity contribution in [3.05, 3.63) is 35.9 Å². The van der Waals surface area contributed by atoms with Crippen molar-refractivity contribution in [3.8, 4) is 0 Å². The van der Waals surface area contributed by atoms with Gasteiger partial charge in [-0.05, 0) is 32.8 Å². The summed E-state index contributed by atoms with van der Waals surface area (Å²) in [5, 5.41) is 3.52. The van der Waals surface area contributed by atoms with Crippen molar-refractivity contribution in [2.45, 2.75) is 45.1 Å². The standard InChI is InChI=1S/C13H19NO/c1-10-9-13(2,3)14-12(15-10)11-7-5-4-6-8-11/h4-8,10,12,14H,9H2,1-3H3/t10-,12+/m1/s1. The Hall–Kier alpha value is -0.860. The Kier molecular flexibility index (Phi) is 2.81. The maximum Gasteiger partial charge on any atom is 0.135 e. The van der Waals surface area contributed by atoms with Crippen molar-refractivity contribution >= 4 is 0 Å². The molecule has 1 aliphatic heterocycles. The molecule has 0 amide bonds. The number of benzene rings is 1. The quantitative estimate of drug-likeness (QED) is 0.761. The summed E-state index contributed by atoms with van der Waals surface area (Å²) in [5.41, 5.74) is 1.36. The SMILES string of the molecule is C[C@@H]1CC(C)(C)N[C@H](c2ccccc2)O1. The molecule has 82 valence electrons. The average molecular weight is 205 g/mol. The Bertz CT molecular complexity index is 321. The Morgan fingerprint density at radius 1 is 1.27 bits per heavy atom. The fraction of sp³-hybridized carbons (Fsp3) is 0.538. The number of rotatable bonds is 1. The van der Waals surface area contributed by atoms with Crippen LogP contribution in [0, 0.1) is 0 Å². The molecule has 1 heterocycles. The van der Waals surface area contributed by atoms with Gasteiger partial charge in [0.25, 0.3) is 0 Å². The second-order valence-electron chi connectivity index (χ2n) is 4.97. The number of ether oxygens (including phenoxy) is 1. The molecule has 1 N–H and O–H groups in total. The molecule has 0 aromatic heterocycles. The van der Waals surface area contributed by atoms with E-state index in [1.807, 2.05) is 18.2 Å². The lowest BCUT2D eigenvalue weighted by molar-refractivity contribution is -0.0896. The van der Waals surface area contributed by atoms with Gasteiger partial charge < -0.3 is 4.74 Å². The minimum Gasteiger partial charge on any atom is -0.356 e. The largest absolute Gasteiger partial charge is 0.356 e. The third kappa shape index (κ3) is 2.58. The van der Waals surface area contributed by atoms with Crippen LogP contribution in [0.25, 0.3) is 0 Å². The number of hydrogen-bond acceptors (Lipinski definition) is 2. The van der Waals surface area contributed by atoms with E-state index in [4.69, 9.17) is 4.74 Å². The first-order valence-corrected chi connectivity index (χ1v) is 5.55. The van der Waals surface area contributed by atoms with Crippen molar-refractivity contribution in [1.82, 2.24) is 5.32 Å². The maximum atomic E-state index is 5.90. The van der Waals surface area contributed by atoms with E-state index < -0.39 is 0 Å². The van der Waals surface area contributed by atoms with Crippen LogP contribution < -0.4 is 5.32 Å². The molecule has 0 aliphatic carbocycles. The molecule has 0 unspecified atom stereocenters. The molecule has 2 nitrogen and oxygen atoms in total. The fourth-order valence-corrected chi connectivity index (χ4v) is 2.24. The summed E-state index contributed by atoms with van der Waals surface area (Å²) < 4.78 is 5.90. The molecular formula is C13H19NO. The summed E-state index contributed by atoms with van der Waals surface area (Å²) in [4.78, 5) is 0. The van der Waals surface area contributed by atoms with E-state index in [-0.39, 0.29) is 11.8 Å². The summed E-state index contributed by atoms with van der Waals surface area (Å²) in [7, 11) is 0. The predicted molar refractivity (Wildman–Crippen MR) is 61.6 cm³/mol. The van der Waals surface area contributed by atoms with Crippen LogP contribution in [0.5, 0.6) is 0 Å². The van der Waals surface area contributed by atoms with E-state index in [0.717, 1.165) is 6.42 Å². The van der Waals surface area contributed by atoms with E-state index in [9.17, 15) is 0 Å². The third-order valence-electron chi connectivity index (χ3n) is 2.79. The van der Waals surface area contributed by atoms with Gasteiger partial charge in [-0.2, -0.15) is 0 Å². The van der Waals surface area contributed by atoms with Crippen molar-refractivity contribution in [2.24, 2.45) is 0 Å². The molecular weight excluding hydrogens is 186 g/mol. The first-order chi connectivity index (χ1) is 7.07. The molecule has 0 bridgehead atoms. The highest BCUT2D eigenvalue weighted by molar-refractivity contribution is 5.18. The molecule has 1 saturated heterocycles. The lowest BCUT2D eigenvalue weighted by atomic mass is 9.94. The maximum absolute atomic E-state index is 5.90. The van der Waals surface area contributed by atoms with Crippen LogP contribution in [-0.2, 0) is 4.74 Å². The van der Waals surface area contributed by atoms with E-state index in [0.29, 0.717) is 6.10 Å². The minimum atomic E-state index is 0.0324. The van der Waals surface area contributed by atoms with Crippen LogP contribution in [0.1, 0.15) is 39.0 Å². The first kappa shape index (κ1) is 10.7. The smallest absolute Gasteiger partial charge is 0.135 e. The summed E-state index contributed by atoms with van der Waals surface area (Å²) in [6.45, 7) is 6.59. The normalized spacial score (nSPS) is 30.1. The van der Waals surface area contributed by atoms with E-state index in [2.05, 4.69) is 38.2 Å². The van der Waals surface area contributed by atoms with Crippen molar-refractivity contribution in [3.63, 3.8) is 0 Å². The van der Waals surface area contributed by atoms with E-state index in [1.165, 1.54) is 5.56 Å². The molecule has 1 aromatic rings. The van der Waals surface area contributed by atoms with Gasteiger partial charge >= 0.3 is 0 Å². The molecule has 1 fully saturated rings. The number of hydrogen-bond donors (Lipinski definition) is 1. The van der Waals surface area contributed by atoms with Gasteiger partial charge in [0, 0.05) is 5.54 Å². The number of nitrogens with one attached hydrogen (secondary N) is 1. The summed E-state index contributed by atoms with van der Waals surface area (Å²) in [6, 6.07) is 10.3. The Morgan fingerprint density at radius 3 is 2.53 bits per heavy atom. The molecule has 1 aliphatic rings. The molecule has 1 aromatic carbocycles. The highest BCUT2D eigenvalue weighted by Crippen LogP contribution is 2.28. The zero-order valence-electron chi connectivity index (χ0n) is 9.66. The minimum absolute atomic E-state index is 0.0324. The molecule has 0 saturated carbocycles. The van der Waals surface area contributed by atoms with Crippen molar-refractivity contribution in [2.75, 3.05) is 0 Å². The molecule has 0 radical (unpaired) electrons. The second kappa shape index (κ2) is 3.95. The van der Waals surface area contributed by atoms with Crippen LogP contribution in [0.3, 0.4) is 0 Å². The van der Waals surface area contributed by atoms with Gasteiger partial charge in [0.15, 0.2) is 0 Å². The topological polar surface area (TPSA) is 21.3 Å². The first-order valence-electron chi connectivity index (χ1n) is 5.55. The van der Waals surface area contributed by atoms with Crippen LogP contribution in [-0.4, -0.2) is 11.6 Å². The van der Waals surface area contributed by atoms with Gasteiger partial charge in [0.2, 0.25) is 0 Å². The summed E-state index contributed by atoms with van der Waals surface area (Å²) >= 11 is 0. The Labute approximate surface area is 91.6 Å². The average Bonchev–Trinajstić information content (AvgIpc) is 2.16. The van der Waals surface area contributed by atoms with Crippen molar-refractivity contribution < 1.29 is 4.74 Å². The third-order valence-corrected chi connectivity index (χ3v) is 2.79. The molecule has 0 spiro atoms. The Morgan fingerprint density at radius 2 is 1.93 bits per heavy atom. The monoisotopic (exact) mass is 205 g/mol. The zero-order valence-corrected chi connectivity index (χ0v) is 9.66. The molecule has 2 atom stereocenters. The van der Waals surface area contributed by atoms with Gasteiger partial charge in [-0.15, -0.1) is 0 Å².